The molecule has 0 atom stereocenters. The van der Waals surface area contributed by atoms with E-state index in [4.69, 9.17) is 0 Å². The molecule has 3 aromatic rings. The predicted octanol–water partition coefficient (Wildman–Crippen LogP) is 3.71. The minimum absolute atomic E-state index is 0.0726. The number of carbonyl (C=O) groups excluding carboxylic acids is 2. The maximum Gasteiger partial charge on any atom is 0.253 e. The quantitative estimate of drug-likeness (QED) is 0.564. The van der Waals surface area contributed by atoms with E-state index in [0.29, 0.717) is 17.8 Å². The van der Waals surface area contributed by atoms with Crippen molar-refractivity contribution in [3.8, 4) is 0 Å². The van der Waals surface area contributed by atoms with Crippen LogP contribution in [0.2, 0.25) is 0 Å². The largest absolute Gasteiger partial charge is 0.376 e. The molecule has 0 spiro atoms. The van der Waals surface area contributed by atoms with Gasteiger partial charge in [-0.2, -0.15) is 0 Å². The summed E-state index contributed by atoms with van der Waals surface area (Å²) in [5, 5.41) is 8.80. The topological polar surface area (TPSA) is 70.2 Å². The third-order valence-electron chi connectivity index (χ3n) is 4.21. The molecule has 0 aliphatic rings. The molecule has 3 N–H and O–H groups in total. The lowest BCUT2D eigenvalue weighted by Crippen LogP contribution is -2.28. The van der Waals surface area contributed by atoms with E-state index >= 15 is 0 Å². The lowest BCUT2D eigenvalue weighted by molar-refractivity contribution is -0.114. The van der Waals surface area contributed by atoms with Gasteiger partial charge in [0.25, 0.3) is 5.91 Å². The summed E-state index contributed by atoms with van der Waals surface area (Å²) in [4.78, 5) is 24.7. The van der Waals surface area contributed by atoms with Crippen LogP contribution in [0, 0.1) is 0 Å². The van der Waals surface area contributed by atoms with Crippen LogP contribution in [0.15, 0.2) is 84.9 Å². The Balaban J connectivity index is 1.53. The fourth-order valence-electron chi connectivity index (χ4n) is 2.80. The lowest BCUT2D eigenvalue weighted by Gasteiger charge is -2.12. The standard InChI is InChI=1S/C23H23N3O2/c27-22(26-19-11-5-2-6-12-19)17-25-21-14-8-7-13-20(21)23(28)24-16-15-18-9-3-1-4-10-18/h1-14,25H,15-17H2,(H,24,28)(H,26,27). The van der Waals surface area contributed by atoms with Crippen molar-refractivity contribution in [3.63, 3.8) is 0 Å². The highest BCUT2D eigenvalue weighted by atomic mass is 16.2. The number of nitrogens with one attached hydrogen (secondary N) is 3. The molecule has 28 heavy (non-hydrogen) atoms. The number of rotatable bonds is 8. The molecule has 5 heteroatoms. The molecule has 142 valence electrons. The van der Waals surface area contributed by atoms with Crippen molar-refractivity contribution in [2.24, 2.45) is 0 Å². The van der Waals surface area contributed by atoms with Crippen molar-refractivity contribution < 1.29 is 9.59 Å². The molecule has 0 saturated carbocycles. The van der Waals surface area contributed by atoms with Gasteiger partial charge < -0.3 is 16.0 Å². The maximum atomic E-state index is 12.5. The van der Waals surface area contributed by atoms with E-state index in [-0.39, 0.29) is 18.4 Å². The molecule has 0 fully saturated rings. The van der Waals surface area contributed by atoms with Gasteiger partial charge in [-0.05, 0) is 36.2 Å². The van der Waals surface area contributed by atoms with Crippen molar-refractivity contribution >= 4 is 23.2 Å². The summed E-state index contributed by atoms with van der Waals surface area (Å²) < 4.78 is 0. The van der Waals surface area contributed by atoms with Gasteiger partial charge in [-0.1, -0.05) is 60.7 Å². The third kappa shape index (κ3) is 5.71. The van der Waals surface area contributed by atoms with E-state index in [1.807, 2.05) is 66.7 Å². The van der Waals surface area contributed by atoms with Gasteiger partial charge >= 0.3 is 0 Å². The average Bonchev–Trinajstić information content (AvgIpc) is 2.74. The molecule has 0 heterocycles. The van der Waals surface area contributed by atoms with Crippen LogP contribution in [0.25, 0.3) is 0 Å². The highest BCUT2D eigenvalue weighted by Crippen LogP contribution is 2.15. The number of carbonyl (C=O) groups is 2. The summed E-state index contributed by atoms with van der Waals surface area (Å²) >= 11 is 0. The van der Waals surface area contributed by atoms with Crippen molar-refractivity contribution in [2.75, 3.05) is 23.7 Å². The Kier molecular flexibility index (Phi) is 6.79. The van der Waals surface area contributed by atoms with Gasteiger partial charge in [0.15, 0.2) is 0 Å². The molecule has 5 nitrogen and oxygen atoms in total. The second kappa shape index (κ2) is 9.92. The van der Waals surface area contributed by atoms with Crippen LogP contribution >= 0.6 is 0 Å². The summed E-state index contributed by atoms with van der Waals surface area (Å²) in [6.07, 6.45) is 0.766. The van der Waals surface area contributed by atoms with Crippen LogP contribution in [0.1, 0.15) is 15.9 Å². The molecule has 0 unspecified atom stereocenters. The Labute approximate surface area is 164 Å². The zero-order valence-electron chi connectivity index (χ0n) is 15.5. The molecular weight excluding hydrogens is 350 g/mol. The van der Waals surface area contributed by atoms with Crippen LogP contribution in [-0.4, -0.2) is 24.9 Å². The third-order valence-corrected chi connectivity index (χ3v) is 4.21. The van der Waals surface area contributed by atoms with Crippen LogP contribution < -0.4 is 16.0 Å². The molecule has 0 aliphatic carbocycles. The number of benzene rings is 3. The first-order chi connectivity index (χ1) is 13.7. The highest BCUT2D eigenvalue weighted by Gasteiger charge is 2.11. The van der Waals surface area contributed by atoms with Crippen molar-refractivity contribution in [1.82, 2.24) is 5.32 Å². The minimum Gasteiger partial charge on any atom is -0.376 e. The smallest absolute Gasteiger partial charge is 0.253 e. The molecule has 3 aromatic carbocycles. The SMILES string of the molecule is O=C(CNc1ccccc1C(=O)NCCc1ccccc1)Nc1ccccc1. The Bertz CT molecular complexity index is 911. The Morgan fingerprint density at radius 3 is 2.14 bits per heavy atom. The number of hydrogen-bond acceptors (Lipinski definition) is 3. The monoisotopic (exact) mass is 373 g/mol. The molecule has 0 aromatic heterocycles. The number of hydrogen-bond donors (Lipinski definition) is 3. The predicted molar refractivity (Wildman–Crippen MR) is 112 cm³/mol. The minimum atomic E-state index is -0.175. The Morgan fingerprint density at radius 1 is 0.750 bits per heavy atom. The van der Waals surface area contributed by atoms with E-state index in [0.717, 1.165) is 12.1 Å². The normalized spacial score (nSPS) is 10.1. The molecule has 2 amide bonds. The van der Waals surface area contributed by atoms with Crippen molar-refractivity contribution in [1.29, 1.82) is 0 Å². The van der Waals surface area contributed by atoms with Gasteiger partial charge in [-0.15, -0.1) is 0 Å². The molecule has 0 radical (unpaired) electrons. The van der Waals surface area contributed by atoms with E-state index in [1.165, 1.54) is 5.56 Å². The fourth-order valence-corrected chi connectivity index (χ4v) is 2.80. The van der Waals surface area contributed by atoms with Crippen LogP contribution in [0.4, 0.5) is 11.4 Å². The van der Waals surface area contributed by atoms with E-state index < -0.39 is 0 Å². The summed E-state index contributed by atoms with van der Waals surface area (Å²) in [7, 11) is 0. The first-order valence-corrected chi connectivity index (χ1v) is 9.22. The second-order valence-electron chi connectivity index (χ2n) is 6.30. The molecule has 0 aliphatic heterocycles. The number of para-hydroxylation sites is 2. The molecular formula is C23H23N3O2. The first-order valence-electron chi connectivity index (χ1n) is 9.22. The van der Waals surface area contributed by atoms with Gasteiger partial charge in [0.2, 0.25) is 5.91 Å². The Hall–Kier alpha value is -3.60. The zero-order valence-corrected chi connectivity index (χ0v) is 15.5. The Morgan fingerprint density at radius 2 is 1.39 bits per heavy atom. The van der Waals surface area contributed by atoms with Gasteiger partial charge in [-0.3, -0.25) is 9.59 Å². The molecule has 0 saturated heterocycles. The second-order valence-corrected chi connectivity index (χ2v) is 6.30. The summed E-state index contributed by atoms with van der Waals surface area (Å²) in [6.45, 7) is 0.620. The number of amides is 2. The maximum absolute atomic E-state index is 12.5. The van der Waals surface area contributed by atoms with Gasteiger partial charge in [0.05, 0.1) is 12.1 Å². The van der Waals surface area contributed by atoms with E-state index in [1.54, 1.807) is 18.2 Å². The summed E-state index contributed by atoms with van der Waals surface area (Å²) in [6, 6.07) is 26.4. The lowest BCUT2D eigenvalue weighted by atomic mass is 10.1. The molecule has 0 bridgehead atoms. The van der Waals surface area contributed by atoms with Gasteiger partial charge in [-0.25, -0.2) is 0 Å². The van der Waals surface area contributed by atoms with Crippen LogP contribution in [0.3, 0.4) is 0 Å². The summed E-state index contributed by atoms with van der Waals surface area (Å²) in [5.41, 5.74) is 3.05. The number of anilines is 2. The summed E-state index contributed by atoms with van der Waals surface area (Å²) in [5.74, 6) is -0.340. The van der Waals surface area contributed by atoms with Gasteiger partial charge in [0.1, 0.15) is 0 Å². The average molecular weight is 373 g/mol. The fraction of sp³-hybridized carbons (Fsp3) is 0.130. The van der Waals surface area contributed by atoms with E-state index in [9.17, 15) is 9.59 Å². The van der Waals surface area contributed by atoms with Crippen molar-refractivity contribution in [2.45, 2.75) is 6.42 Å². The van der Waals surface area contributed by atoms with E-state index in [2.05, 4.69) is 16.0 Å². The van der Waals surface area contributed by atoms with Gasteiger partial charge in [0, 0.05) is 17.9 Å². The zero-order chi connectivity index (χ0) is 19.6. The van der Waals surface area contributed by atoms with Crippen LogP contribution in [0.5, 0.6) is 0 Å². The molecule has 3 rings (SSSR count). The van der Waals surface area contributed by atoms with Crippen LogP contribution in [-0.2, 0) is 11.2 Å². The highest BCUT2D eigenvalue weighted by molar-refractivity contribution is 6.00. The van der Waals surface area contributed by atoms with Crippen molar-refractivity contribution in [3.05, 3.63) is 96.1 Å². The first kappa shape index (κ1) is 19.2.